The van der Waals surface area contributed by atoms with Gasteiger partial charge in [-0.25, -0.2) is 4.79 Å². The third-order valence-corrected chi connectivity index (χ3v) is 4.15. The van der Waals surface area contributed by atoms with Gasteiger partial charge in [0.1, 0.15) is 0 Å². The number of carbonyl (C=O) groups is 1. The van der Waals surface area contributed by atoms with Gasteiger partial charge in [-0.15, -0.1) is 0 Å². The van der Waals surface area contributed by atoms with Crippen molar-refractivity contribution in [3.05, 3.63) is 33.2 Å². The molecule has 0 aliphatic carbocycles. The van der Waals surface area contributed by atoms with Crippen molar-refractivity contribution in [3.8, 4) is 0 Å². The number of rotatable bonds is 5. The molecule has 1 aromatic rings. The standard InChI is InChI=1S/C16H26N4O3/c1-11-8-12(2)19-15(21)14(11)10-18-16(22)17-9-13(3)20-4-6-23-7-5-20/h8,13H,4-7,9-10H2,1-3H3,(H,19,21)(H2,17,18,22). The van der Waals surface area contributed by atoms with Gasteiger partial charge in [0, 0.05) is 36.9 Å². The van der Waals surface area contributed by atoms with Gasteiger partial charge in [-0.3, -0.25) is 9.69 Å². The smallest absolute Gasteiger partial charge is 0.315 e. The lowest BCUT2D eigenvalue weighted by molar-refractivity contribution is 0.0209. The van der Waals surface area contributed by atoms with Crippen LogP contribution in [-0.4, -0.2) is 54.8 Å². The zero-order valence-electron chi connectivity index (χ0n) is 14.1. The largest absolute Gasteiger partial charge is 0.379 e. The van der Waals surface area contributed by atoms with Crippen LogP contribution in [0.25, 0.3) is 0 Å². The highest BCUT2D eigenvalue weighted by atomic mass is 16.5. The van der Waals surface area contributed by atoms with Gasteiger partial charge in [-0.2, -0.15) is 0 Å². The number of aromatic nitrogens is 1. The molecule has 1 fully saturated rings. The topological polar surface area (TPSA) is 86.5 Å². The first kappa shape index (κ1) is 17.5. The molecule has 1 aliphatic heterocycles. The number of nitrogens with zero attached hydrogens (tertiary/aromatic N) is 1. The van der Waals surface area contributed by atoms with Crippen LogP contribution >= 0.6 is 0 Å². The summed E-state index contributed by atoms with van der Waals surface area (Å²) >= 11 is 0. The SMILES string of the molecule is Cc1cc(C)c(CNC(=O)NCC(C)N2CCOCC2)c(=O)[nH]1. The molecule has 0 spiro atoms. The maximum absolute atomic E-state index is 11.9. The molecule has 0 saturated carbocycles. The van der Waals surface area contributed by atoms with Crippen LogP contribution in [0.1, 0.15) is 23.7 Å². The fourth-order valence-electron chi connectivity index (χ4n) is 2.72. The van der Waals surface area contributed by atoms with Crippen molar-refractivity contribution < 1.29 is 9.53 Å². The minimum Gasteiger partial charge on any atom is -0.379 e. The Bertz CT molecular complexity index is 593. The summed E-state index contributed by atoms with van der Waals surface area (Å²) in [5.74, 6) is 0. The Labute approximate surface area is 136 Å². The molecule has 1 unspecified atom stereocenters. The molecule has 0 aromatic carbocycles. The quantitative estimate of drug-likeness (QED) is 0.737. The fourth-order valence-corrected chi connectivity index (χ4v) is 2.72. The molecule has 7 heteroatoms. The molecule has 1 aliphatic rings. The third kappa shape index (κ3) is 5.07. The van der Waals surface area contributed by atoms with Crippen molar-refractivity contribution in [2.45, 2.75) is 33.4 Å². The van der Waals surface area contributed by atoms with Gasteiger partial charge in [-0.1, -0.05) is 0 Å². The van der Waals surface area contributed by atoms with Gasteiger partial charge in [0.25, 0.3) is 5.56 Å². The van der Waals surface area contributed by atoms with Gasteiger partial charge in [0.05, 0.1) is 19.8 Å². The number of amides is 2. The summed E-state index contributed by atoms with van der Waals surface area (Å²) in [5, 5.41) is 5.60. The van der Waals surface area contributed by atoms with E-state index in [0.717, 1.165) is 37.6 Å². The predicted molar refractivity (Wildman–Crippen MR) is 88.6 cm³/mol. The Morgan fingerprint density at radius 1 is 1.35 bits per heavy atom. The number of pyridine rings is 1. The Balaban J connectivity index is 1.78. The minimum absolute atomic E-state index is 0.149. The molecule has 0 radical (unpaired) electrons. The Hall–Kier alpha value is -1.86. The zero-order chi connectivity index (χ0) is 16.8. The maximum atomic E-state index is 11.9. The number of hydrogen-bond donors (Lipinski definition) is 3. The average molecular weight is 322 g/mol. The van der Waals surface area contributed by atoms with Gasteiger partial charge in [0.2, 0.25) is 0 Å². The first-order valence-electron chi connectivity index (χ1n) is 8.00. The number of urea groups is 1. The normalized spacial score (nSPS) is 16.8. The van der Waals surface area contributed by atoms with Crippen molar-refractivity contribution in [1.82, 2.24) is 20.5 Å². The summed E-state index contributed by atoms with van der Waals surface area (Å²) < 4.78 is 5.32. The molecule has 0 bridgehead atoms. The number of carbonyl (C=O) groups excluding carboxylic acids is 1. The molecular weight excluding hydrogens is 296 g/mol. The van der Waals surface area contributed by atoms with Crippen LogP contribution in [-0.2, 0) is 11.3 Å². The maximum Gasteiger partial charge on any atom is 0.315 e. The number of ether oxygens (including phenoxy) is 1. The molecular formula is C16H26N4O3. The first-order chi connectivity index (χ1) is 11.0. The van der Waals surface area contributed by atoms with Gasteiger partial charge >= 0.3 is 6.03 Å². The Kier molecular flexibility index (Phi) is 6.18. The molecule has 7 nitrogen and oxygen atoms in total. The van der Waals surface area contributed by atoms with E-state index in [0.29, 0.717) is 12.1 Å². The monoisotopic (exact) mass is 322 g/mol. The Morgan fingerprint density at radius 3 is 2.70 bits per heavy atom. The van der Waals surface area contributed by atoms with E-state index in [-0.39, 0.29) is 24.2 Å². The van der Waals surface area contributed by atoms with Crippen molar-refractivity contribution in [2.24, 2.45) is 0 Å². The summed E-state index contributed by atoms with van der Waals surface area (Å²) in [6.07, 6.45) is 0. The van der Waals surface area contributed by atoms with Gasteiger partial charge in [0.15, 0.2) is 0 Å². The van der Waals surface area contributed by atoms with E-state index in [1.54, 1.807) is 0 Å². The van der Waals surface area contributed by atoms with E-state index < -0.39 is 0 Å². The van der Waals surface area contributed by atoms with E-state index >= 15 is 0 Å². The zero-order valence-corrected chi connectivity index (χ0v) is 14.1. The third-order valence-electron chi connectivity index (χ3n) is 4.15. The summed E-state index contributed by atoms with van der Waals surface area (Å²) in [5.41, 5.74) is 2.14. The fraction of sp³-hybridized carbons (Fsp3) is 0.625. The van der Waals surface area contributed by atoms with E-state index in [4.69, 9.17) is 4.74 Å². The minimum atomic E-state index is -0.260. The van der Waals surface area contributed by atoms with Crippen LogP contribution in [0, 0.1) is 13.8 Å². The van der Waals surface area contributed by atoms with Crippen LogP contribution in [0.15, 0.2) is 10.9 Å². The number of nitrogens with one attached hydrogen (secondary N) is 3. The van der Waals surface area contributed by atoms with E-state index in [2.05, 4.69) is 27.4 Å². The van der Waals surface area contributed by atoms with E-state index in [9.17, 15) is 9.59 Å². The van der Waals surface area contributed by atoms with Crippen LogP contribution in [0.5, 0.6) is 0 Å². The second-order valence-electron chi connectivity index (χ2n) is 6.00. The summed E-state index contributed by atoms with van der Waals surface area (Å²) in [6.45, 7) is 9.85. The molecule has 128 valence electrons. The number of aromatic amines is 1. The highest BCUT2D eigenvalue weighted by Gasteiger charge is 2.17. The first-order valence-corrected chi connectivity index (χ1v) is 8.00. The number of morpholine rings is 1. The molecule has 1 saturated heterocycles. The molecule has 1 atom stereocenters. The van der Waals surface area contributed by atoms with Gasteiger partial charge < -0.3 is 20.4 Å². The lowest BCUT2D eigenvalue weighted by Gasteiger charge is -2.32. The van der Waals surface area contributed by atoms with Gasteiger partial charge in [-0.05, 0) is 32.4 Å². The number of aryl methyl sites for hydroxylation is 2. The van der Waals surface area contributed by atoms with E-state index in [1.165, 1.54) is 0 Å². The molecule has 2 amide bonds. The molecule has 1 aromatic heterocycles. The lowest BCUT2D eigenvalue weighted by Crippen LogP contribution is -2.48. The predicted octanol–water partition coefficient (Wildman–Crippen LogP) is 0.512. The molecule has 23 heavy (non-hydrogen) atoms. The van der Waals surface area contributed by atoms with Crippen LogP contribution < -0.4 is 16.2 Å². The van der Waals surface area contributed by atoms with Crippen LogP contribution in [0.4, 0.5) is 4.79 Å². The second-order valence-corrected chi connectivity index (χ2v) is 6.00. The highest BCUT2D eigenvalue weighted by molar-refractivity contribution is 5.73. The van der Waals surface area contributed by atoms with Crippen molar-refractivity contribution in [2.75, 3.05) is 32.8 Å². The van der Waals surface area contributed by atoms with Crippen molar-refractivity contribution >= 4 is 6.03 Å². The average Bonchev–Trinajstić information content (AvgIpc) is 2.52. The van der Waals surface area contributed by atoms with Crippen LogP contribution in [0.3, 0.4) is 0 Å². The number of hydrogen-bond acceptors (Lipinski definition) is 4. The lowest BCUT2D eigenvalue weighted by atomic mass is 10.1. The molecule has 3 N–H and O–H groups in total. The second kappa shape index (κ2) is 8.12. The van der Waals surface area contributed by atoms with E-state index in [1.807, 2.05) is 19.9 Å². The van der Waals surface area contributed by atoms with Crippen molar-refractivity contribution in [3.63, 3.8) is 0 Å². The molecule has 2 heterocycles. The summed E-state index contributed by atoms with van der Waals surface area (Å²) in [6, 6.07) is 1.90. The number of H-pyrrole nitrogens is 1. The van der Waals surface area contributed by atoms with Crippen LogP contribution in [0.2, 0.25) is 0 Å². The summed E-state index contributed by atoms with van der Waals surface area (Å²) in [7, 11) is 0. The highest BCUT2D eigenvalue weighted by Crippen LogP contribution is 2.04. The van der Waals surface area contributed by atoms with Crippen molar-refractivity contribution in [1.29, 1.82) is 0 Å². The molecule has 2 rings (SSSR count). The summed E-state index contributed by atoms with van der Waals surface area (Å²) in [4.78, 5) is 28.9. The Morgan fingerprint density at radius 2 is 2.04 bits per heavy atom.